The predicted molar refractivity (Wildman–Crippen MR) is 99.3 cm³/mol. The first-order valence-corrected chi connectivity index (χ1v) is 9.33. The van der Waals surface area contributed by atoms with Crippen LogP contribution in [0.1, 0.15) is 36.8 Å². The van der Waals surface area contributed by atoms with E-state index in [0.717, 1.165) is 51.7 Å². The summed E-state index contributed by atoms with van der Waals surface area (Å²) in [5.74, 6) is 0.186. The molecular formula is C20H28N4O. The van der Waals surface area contributed by atoms with Crippen molar-refractivity contribution in [3.05, 3.63) is 53.9 Å². The number of aryl methyl sites for hydroxylation is 1. The summed E-state index contributed by atoms with van der Waals surface area (Å²) in [6.45, 7) is 3.26. The second-order valence-corrected chi connectivity index (χ2v) is 6.88. The molecule has 0 aliphatic carbocycles. The van der Waals surface area contributed by atoms with Gasteiger partial charge in [0.05, 0.1) is 6.20 Å². The molecule has 25 heavy (non-hydrogen) atoms. The topological polar surface area (TPSA) is 61.0 Å². The van der Waals surface area contributed by atoms with Crippen LogP contribution in [0.2, 0.25) is 0 Å². The Morgan fingerprint density at radius 2 is 1.96 bits per heavy atom. The van der Waals surface area contributed by atoms with Gasteiger partial charge >= 0.3 is 0 Å². The van der Waals surface area contributed by atoms with Crippen LogP contribution in [0.5, 0.6) is 0 Å². The second-order valence-electron chi connectivity index (χ2n) is 6.88. The lowest BCUT2D eigenvalue weighted by Gasteiger charge is -2.32. The molecule has 1 aromatic carbocycles. The van der Waals surface area contributed by atoms with Gasteiger partial charge in [0, 0.05) is 38.3 Å². The third-order valence-electron chi connectivity index (χ3n) is 4.94. The zero-order chi connectivity index (χ0) is 17.3. The van der Waals surface area contributed by atoms with Crippen molar-refractivity contribution in [2.75, 3.05) is 19.6 Å². The van der Waals surface area contributed by atoms with Crippen LogP contribution in [0.15, 0.2) is 42.7 Å². The Kier molecular flexibility index (Phi) is 6.63. The Balaban J connectivity index is 1.28. The highest BCUT2D eigenvalue weighted by molar-refractivity contribution is 5.76. The van der Waals surface area contributed by atoms with E-state index in [1.807, 2.05) is 12.4 Å². The van der Waals surface area contributed by atoms with Gasteiger partial charge in [0.1, 0.15) is 0 Å². The Hall–Kier alpha value is -2.14. The van der Waals surface area contributed by atoms with Crippen molar-refractivity contribution in [1.29, 1.82) is 0 Å². The number of amides is 1. The third-order valence-corrected chi connectivity index (χ3v) is 4.94. The normalized spacial score (nSPS) is 16.0. The second kappa shape index (κ2) is 9.37. The summed E-state index contributed by atoms with van der Waals surface area (Å²) >= 11 is 0. The lowest BCUT2D eigenvalue weighted by molar-refractivity contribution is -0.122. The van der Waals surface area contributed by atoms with Gasteiger partial charge in [0.2, 0.25) is 5.91 Å². The molecule has 1 fully saturated rings. The van der Waals surface area contributed by atoms with E-state index in [9.17, 15) is 4.79 Å². The van der Waals surface area contributed by atoms with E-state index in [4.69, 9.17) is 0 Å². The Morgan fingerprint density at radius 1 is 1.16 bits per heavy atom. The number of nitrogens with one attached hydrogen (secondary N) is 2. The number of piperidine rings is 1. The summed E-state index contributed by atoms with van der Waals surface area (Å²) in [6, 6.07) is 11.0. The Morgan fingerprint density at radius 3 is 2.68 bits per heavy atom. The number of H-pyrrole nitrogens is 1. The standard InChI is InChI=1S/C20H28N4O/c25-20(8-4-7-18-15-21-22-16-18)23-19-10-13-24(14-11-19)12-9-17-5-2-1-3-6-17/h1-3,5-6,15-16,19H,4,7-14H2,(H,21,22)(H,23,25). The van der Waals surface area contributed by atoms with Crippen LogP contribution >= 0.6 is 0 Å². The van der Waals surface area contributed by atoms with Crippen LogP contribution in [0, 0.1) is 0 Å². The highest BCUT2D eigenvalue weighted by Gasteiger charge is 2.20. The molecule has 0 unspecified atom stereocenters. The first-order chi connectivity index (χ1) is 12.3. The average molecular weight is 340 g/mol. The molecule has 0 radical (unpaired) electrons. The van der Waals surface area contributed by atoms with Gasteiger partial charge in [-0.1, -0.05) is 30.3 Å². The van der Waals surface area contributed by atoms with Crippen molar-refractivity contribution in [3.63, 3.8) is 0 Å². The van der Waals surface area contributed by atoms with Crippen molar-refractivity contribution in [3.8, 4) is 0 Å². The molecule has 1 aliphatic rings. The highest BCUT2D eigenvalue weighted by atomic mass is 16.1. The summed E-state index contributed by atoms with van der Waals surface area (Å²) in [7, 11) is 0. The van der Waals surface area contributed by atoms with Gasteiger partial charge in [-0.2, -0.15) is 5.10 Å². The fourth-order valence-corrected chi connectivity index (χ4v) is 3.40. The summed E-state index contributed by atoms with van der Waals surface area (Å²) < 4.78 is 0. The van der Waals surface area contributed by atoms with E-state index in [1.54, 1.807) is 0 Å². The minimum absolute atomic E-state index is 0.186. The number of hydrogen-bond donors (Lipinski definition) is 2. The van der Waals surface area contributed by atoms with Gasteiger partial charge in [-0.15, -0.1) is 0 Å². The van der Waals surface area contributed by atoms with Gasteiger partial charge in [-0.05, 0) is 43.2 Å². The van der Waals surface area contributed by atoms with E-state index in [2.05, 4.69) is 50.7 Å². The van der Waals surface area contributed by atoms with Crippen LogP contribution in [0.4, 0.5) is 0 Å². The number of likely N-dealkylation sites (tertiary alicyclic amines) is 1. The van der Waals surface area contributed by atoms with E-state index in [1.165, 1.54) is 11.1 Å². The van der Waals surface area contributed by atoms with Crippen molar-refractivity contribution >= 4 is 5.91 Å². The summed E-state index contributed by atoms with van der Waals surface area (Å²) in [4.78, 5) is 14.6. The monoisotopic (exact) mass is 340 g/mol. The van der Waals surface area contributed by atoms with Crippen LogP contribution in [-0.4, -0.2) is 46.7 Å². The molecule has 134 valence electrons. The molecule has 1 saturated heterocycles. The SMILES string of the molecule is O=C(CCCc1cn[nH]c1)NC1CCN(CCc2ccccc2)CC1. The number of nitrogens with zero attached hydrogens (tertiary/aromatic N) is 2. The van der Waals surface area contributed by atoms with E-state index in [0.29, 0.717) is 12.5 Å². The summed E-state index contributed by atoms with van der Waals surface area (Å²) in [5, 5.41) is 9.93. The molecule has 1 amide bonds. The molecule has 0 spiro atoms. The number of hydrogen-bond acceptors (Lipinski definition) is 3. The summed E-state index contributed by atoms with van der Waals surface area (Å²) in [6.07, 6.45) is 9.31. The molecule has 3 rings (SSSR count). The van der Waals surface area contributed by atoms with E-state index in [-0.39, 0.29) is 5.91 Å². The zero-order valence-corrected chi connectivity index (χ0v) is 14.8. The number of carbonyl (C=O) groups excluding carboxylic acids is 1. The van der Waals surface area contributed by atoms with Gasteiger partial charge in [0.15, 0.2) is 0 Å². The van der Waals surface area contributed by atoms with Crippen LogP contribution in [-0.2, 0) is 17.6 Å². The predicted octanol–water partition coefficient (Wildman–Crippen LogP) is 2.56. The van der Waals surface area contributed by atoms with E-state index < -0.39 is 0 Å². The van der Waals surface area contributed by atoms with Crippen molar-refractivity contribution in [1.82, 2.24) is 20.4 Å². The third kappa shape index (κ3) is 6.02. The first kappa shape index (κ1) is 17.7. The van der Waals surface area contributed by atoms with Gasteiger partial charge in [-0.25, -0.2) is 0 Å². The first-order valence-electron chi connectivity index (χ1n) is 9.33. The van der Waals surface area contributed by atoms with Crippen LogP contribution in [0.3, 0.4) is 0 Å². The fourth-order valence-electron chi connectivity index (χ4n) is 3.40. The number of carbonyl (C=O) groups is 1. The molecular weight excluding hydrogens is 312 g/mol. The molecule has 5 heteroatoms. The maximum atomic E-state index is 12.1. The molecule has 0 saturated carbocycles. The number of rotatable bonds is 8. The number of aromatic nitrogens is 2. The molecule has 5 nitrogen and oxygen atoms in total. The van der Waals surface area contributed by atoms with Crippen LogP contribution < -0.4 is 5.32 Å². The van der Waals surface area contributed by atoms with Crippen LogP contribution in [0.25, 0.3) is 0 Å². The van der Waals surface area contributed by atoms with Gasteiger partial charge < -0.3 is 10.2 Å². The molecule has 1 aromatic heterocycles. The fraction of sp³-hybridized carbons (Fsp3) is 0.500. The lowest BCUT2D eigenvalue weighted by Crippen LogP contribution is -2.45. The van der Waals surface area contributed by atoms with Crippen molar-refractivity contribution in [2.45, 2.75) is 44.6 Å². The van der Waals surface area contributed by atoms with Gasteiger partial charge in [0.25, 0.3) is 0 Å². The minimum Gasteiger partial charge on any atom is -0.353 e. The minimum atomic E-state index is 0.186. The zero-order valence-electron chi connectivity index (χ0n) is 14.8. The number of benzene rings is 1. The molecule has 1 aliphatic heterocycles. The Bertz CT molecular complexity index is 618. The largest absolute Gasteiger partial charge is 0.353 e. The molecule has 0 bridgehead atoms. The summed E-state index contributed by atoms with van der Waals surface area (Å²) in [5.41, 5.74) is 2.56. The molecule has 2 N–H and O–H groups in total. The highest BCUT2D eigenvalue weighted by Crippen LogP contribution is 2.12. The van der Waals surface area contributed by atoms with E-state index >= 15 is 0 Å². The van der Waals surface area contributed by atoms with Crippen molar-refractivity contribution in [2.24, 2.45) is 0 Å². The maximum absolute atomic E-state index is 12.1. The van der Waals surface area contributed by atoms with Gasteiger partial charge in [-0.3, -0.25) is 9.89 Å². The Labute approximate surface area is 149 Å². The maximum Gasteiger partial charge on any atom is 0.220 e. The quantitative estimate of drug-likeness (QED) is 0.776. The smallest absolute Gasteiger partial charge is 0.220 e. The lowest BCUT2D eigenvalue weighted by atomic mass is 10.0. The van der Waals surface area contributed by atoms with Crippen molar-refractivity contribution < 1.29 is 4.79 Å². The molecule has 0 atom stereocenters. The molecule has 2 aromatic rings. The number of aromatic amines is 1. The molecule has 2 heterocycles. The average Bonchev–Trinajstić information content (AvgIpc) is 3.15.